The molecule has 2 N–H and O–H groups in total. The lowest BCUT2D eigenvalue weighted by Gasteiger charge is -1.97. The summed E-state index contributed by atoms with van der Waals surface area (Å²) in [6.07, 6.45) is 3.35. The summed E-state index contributed by atoms with van der Waals surface area (Å²) < 4.78 is 4.82. The summed E-state index contributed by atoms with van der Waals surface area (Å²) in [5.74, 6) is 5.78. The first-order valence-corrected chi connectivity index (χ1v) is 6.30. The minimum absolute atomic E-state index is 0.0299. The number of thiazole rings is 1. The molecule has 19 heavy (non-hydrogen) atoms. The zero-order valence-electron chi connectivity index (χ0n) is 10.1. The maximum Gasteiger partial charge on any atom is 0.262 e. The summed E-state index contributed by atoms with van der Waals surface area (Å²) in [5.41, 5.74) is 0.378. The van der Waals surface area contributed by atoms with Crippen molar-refractivity contribution >= 4 is 22.4 Å². The van der Waals surface area contributed by atoms with Crippen molar-refractivity contribution in [2.24, 2.45) is 0 Å². The van der Waals surface area contributed by atoms with Crippen molar-refractivity contribution in [3.63, 3.8) is 0 Å². The molecule has 0 saturated carbocycles. The molecule has 6 nitrogen and oxygen atoms in total. The van der Waals surface area contributed by atoms with Crippen molar-refractivity contribution in [3.05, 3.63) is 28.6 Å². The lowest BCUT2D eigenvalue weighted by Crippen LogP contribution is -2.11. The molecule has 0 spiro atoms. The molecule has 0 aliphatic heterocycles. The van der Waals surface area contributed by atoms with Crippen LogP contribution in [0.2, 0.25) is 0 Å². The molecule has 0 fully saturated rings. The van der Waals surface area contributed by atoms with Crippen LogP contribution in [0, 0.1) is 18.8 Å². The van der Waals surface area contributed by atoms with Crippen molar-refractivity contribution in [1.82, 2.24) is 10.1 Å². The molecule has 0 aromatic carbocycles. The molecule has 0 bridgehead atoms. The lowest BCUT2D eigenvalue weighted by molar-refractivity contribution is 0.102. The second-order valence-electron chi connectivity index (χ2n) is 3.55. The highest BCUT2D eigenvalue weighted by Crippen LogP contribution is 2.18. The molecular formula is C12H11N3O3S. The van der Waals surface area contributed by atoms with Crippen molar-refractivity contribution < 1.29 is 14.4 Å². The van der Waals surface area contributed by atoms with Crippen LogP contribution in [-0.4, -0.2) is 27.8 Å². The molecule has 0 unspecified atom stereocenters. The fourth-order valence-corrected chi connectivity index (χ4v) is 1.96. The van der Waals surface area contributed by atoms with Gasteiger partial charge in [-0.3, -0.25) is 10.1 Å². The number of nitrogens with zero attached hydrogens (tertiary/aromatic N) is 2. The van der Waals surface area contributed by atoms with Gasteiger partial charge in [0.25, 0.3) is 5.91 Å². The van der Waals surface area contributed by atoms with Gasteiger partial charge in [-0.05, 0) is 6.92 Å². The Balaban J connectivity index is 2.03. The monoisotopic (exact) mass is 277 g/mol. The van der Waals surface area contributed by atoms with E-state index in [1.54, 1.807) is 13.1 Å². The third-order valence-electron chi connectivity index (χ3n) is 2.17. The molecular weight excluding hydrogens is 266 g/mol. The molecule has 1 amide bonds. The minimum Gasteiger partial charge on any atom is -0.395 e. The Hall–Kier alpha value is -2.17. The predicted molar refractivity (Wildman–Crippen MR) is 69.9 cm³/mol. The van der Waals surface area contributed by atoms with Crippen LogP contribution in [0.15, 0.2) is 16.9 Å². The van der Waals surface area contributed by atoms with Crippen LogP contribution in [0.4, 0.5) is 5.13 Å². The molecule has 0 aliphatic carbocycles. The van der Waals surface area contributed by atoms with Crippen molar-refractivity contribution in [3.8, 4) is 11.8 Å². The maximum absolute atomic E-state index is 11.9. The summed E-state index contributed by atoms with van der Waals surface area (Å²) in [6.45, 7) is 1.69. The Morgan fingerprint density at radius 2 is 2.42 bits per heavy atom. The normalized spacial score (nSPS) is 9.79. The molecule has 2 heterocycles. The number of aryl methyl sites for hydroxylation is 1. The van der Waals surface area contributed by atoms with E-state index in [4.69, 9.17) is 9.63 Å². The van der Waals surface area contributed by atoms with E-state index in [1.807, 2.05) is 0 Å². The van der Waals surface area contributed by atoms with Crippen LogP contribution in [0.25, 0.3) is 0 Å². The molecule has 7 heteroatoms. The number of carbonyl (C=O) groups excluding carboxylic acids is 1. The van der Waals surface area contributed by atoms with E-state index >= 15 is 0 Å². The number of carbonyl (C=O) groups is 1. The van der Waals surface area contributed by atoms with E-state index in [9.17, 15) is 4.79 Å². The SMILES string of the molecule is Cc1oncc1C(=O)Nc1ncc(C#CCCO)s1. The first-order chi connectivity index (χ1) is 9.20. The van der Waals surface area contributed by atoms with E-state index in [-0.39, 0.29) is 12.5 Å². The molecule has 2 aromatic heterocycles. The van der Waals surface area contributed by atoms with Crippen LogP contribution < -0.4 is 5.32 Å². The van der Waals surface area contributed by atoms with Crippen LogP contribution >= 0.6 is 11.3 Å². The molecule has 98 valence electrons. The van der Waals surface area contributed by atoms with Crippen molar-refractivity contribution in [1.29, 1.82) is 0 Å². The smallest absolute Gasteiger partial charge is 0.262 e. The van der Waals surface area contributed by atoms with Gasteiger partial charge in [-0.1, -0.05) is 28.3 Å². The van der Waals surface area contributed by atoms with Crippen molar-refractivity contribution in [2.75, 3.05) is 11.9 Å². The van der Waals surface area contributed by atoms with Crippen LogP contribution in [-0.2, 0) is 0 Å². The number of hydrogen-bond acceptors (Lipinski definition) is 6. The van der Waals surface area contributed by atoms with Crippen LogP contribution in [0.3, 0.4) is 0 Å². The Morgan fingerprint density at radius 1 is 1.58 bits per heavy atom. The lowest BCUT2D eigenvalue weighted by atomic mass is 10.3. The highest BCUT2D eigenvalue weighted by atomic mass is 32.1. The molecule has 2 rings (SSSR count). The quantitative estimate of drug-likeness (QED) is 0.828. The van der Waals surface area contributed by atoms with Gasteiger partial charge in [0.15, 0.2) is 5.13 Å². The topological polar surface area (TPSA) is 88.3 Å². The summed E-state index contributed by atoms with van der Waals surface area (Å²) in [6, 6.07) is 0. The molecule has 0 atom stereocenters. The first kappa shape index (κ1) is 13.3. The van der Waals surface area contributed by atoms with Gasteiger partial charge in [-0.15, -0.1) is 0 Å². The Morgan fingerprint density at radius 3 is 3.11 bits per heavy atom. The van der Waals surface area contributed by atoms with E-state index in [1.165, 1.54) is 17.5 Å². The number of hydrogen-bond donors (Lipinski definition) is 2. The van der Waals surface area contributed by atoms with Crippen molar-refractivity contribution in [2.45, 2.75) is 13.3 Å². The number of aliphatic hydroxyl groups excluding tert-OH is 1. The van der Waals surface area contributed by atoms with Gasteiger partial charge in [0.2, 0.25) is 0 Å². The maximum atomic E-state index is 11.9. The van der Waals surface area contributed by atoms with Gasteiger partial charge in [0.1, 0.15) is 11.3 Å². The average molecular weight is 277 g/mol. The number of rotatable bonds is 3. The Kier molecular flexibility index (Phi) is 4.28. The molecule has 0 radical (unpaired) electrons. The van der Waals surface area contributed by atoms with Crippen LogP contribution in [0.5, 0.6) is 0 Å². The van der Waals surface area contributed by atoms with E-state index in [0.717, 1.165) is 4.88 Å². The summed E-state index contributed by atoms with van der Waals surface area (Å²) in [5, 5.41) is 15.3. The largest absolute Gasteiger partial charge is 0.395 e. The second kappa shape index (κ2) is 6.13. The van der Waals surface area contributed by atoms with Gasteiger partial charge in [0.05, 0.1) is 23.9 Å². The van der Waals surface area contributed by atoms with Gasteiger partial charge >= 0.3 is 0 Å². The number of anilines is 1. The third kappa shape index (κ3) is 3.40. The van der Waals surface area contributed by atoms with E-state index < -0.39 is 0 Å². The van der Waals surface area contributed by atoms with Gasteiger partial charge in [0, 0.05) is 6.42 Å². The standard InChI is InChI=1S/C12H11N3O3S/c1-8-10(7-14-18-8)11(17)15-12-13-6-9(19-12)4-2-3-5-16/h6-7,16H,3,5H2,1H3,(H,13,15,17). The number of aromatic nitrogens is 2. The minimum atomic E-state index is -0.317. The van der Waals surface area contributed by atoms with Gasteiger partial charge in [-0.25, -0.2) is 4.98 Å². The number of nitrogens with one attached hydrogen (secondary N) is 1. The highest BCUT2D eigenvalue weighted by molar-refractivity contribution is 7.16. The average Bonchev–Trinajstić information content (AvgIpc) is 2.99. The third-order valence-corrected chi connectivity index (χ3v) is 3.00. The fourth-order valence-electron chi connectivity index (χ4n) is 1.28. The second-order valence-corrected chi connectivity index (χ2v) is 4.59. The van der Waals surface area contributed by atoms with Gasteiger partial charge < -0.3 is 9.63 Å². The number of amides is 1. The Bertz CT molecular complexity index is 636. The summed E-state index contributed by atoms with van der Waals surface area (Å²) >= 11 is 1.27. The zero-order chi connectivity index (χ0) is 13.7. The highest BCUT2D eigenvalue weighted by Gasteiger charge is 2.14. The molecule has 0 saturated heterocycles. The fraction of sp³-hybridized carbons (Fsp3) is 0.250. The summed E-state index contributed by atoms with van der Waals surface area (Å²) in [7, 11) is 0. The van der Waals surface area contributed by atoms with Crippen LogP contribution in [0.1, 0.15) is 27.4 Å². The predicted octanol–water partition coefficient (Wildman–Crippen LogP) is 1.43. The molecule has 0 aliphatic rings. The Labute approximate surface area is 113 Å². The van der Waals surface area contributed by atoms with E-state index in [0.29, 0.717) is 22.9 Å². The first-order valence-electron chi connectivity index (χ1n) is 5.49. The van der Waals surface area contributed by atoms with E-state index in [2.05, 4.69) is 27.3 Å². The van der Waals surface area contributed by atoms with Gasteiger partial charge in [-0.2, -0.15) is 0 Å². The summed E-state index contributed by atoms with van der Waals surface area (Å²) in [4.78, 5) is 16.6. The number of aliphatic hydroxyl groups is 1. The zero-order valence-corrected chi connectivity index (χ0v) is 11.0. The molecule has 2 aromatic rings.